The molecule has 9 heteroatoms. The number of nitrogens with zero attached hydrogens (tertiary/aromatic N) is 2. The van der Waals surface area contributed by atoms with Crippen molar-refractivity contribution in [2.75, 3.05) is 19.8 Å². The molecule has 0 bridgehead atoms. The van der Waals surface area contributed by atoms with E-state index < -0.39 is 11.7 Å². The third kappa shape index (κ3) is 7.24. The molecule has 0 radical (unpaired) electrons. The lowest BCUT2D eigenvalue weighted by molar-refractivity contribution is -0.139. The van der Waals surface area contributed by atoms with Crippen molar-refractivity contribution in [2.24, 2.45) is 5.16 Å². The van der Waals surface area contributed by atoms with Crippen LogP contribution in [-0.4, -0.2) is 58.5 Å². The average molecular weight is 505 g/mol. The van der Waals surface area contributed by atoms with E-state index in [0.717, 1.165) is 44.6 Å². The number of carbonyl (C=O) groups excluding carboxylic acids is 2. The number of fused-ring (bicyclic) bond motifs is 1. The van der Waals surface area contributed by atoms with E-state index in [1.165, 1.54) is 0 Å². The molecule has 1 fully saturated rings. The number of phenolic OH excluding ortho intramolecular Hbond substituents is 2. The van der Waals surface area contributed by atoms with Crippen molar-refractivity contribution in [2.45, 2.75) is 64.3 Å². The fraction of sp³-hybridized carbons (Fsp3) is 0.500. The third-order valence-electron chi connectivity index (χ3n) is 6.17. The molecule has 3 rings (SSSR count). The van der Waals surface area contributed by atoms with Gasteiger partial charge < -0.3 is 24.7 Å². The summed E-state index contributed by atoms with van der Waals surface area (Å²) in [4.78, 5) is 32.7. The summed E-state index contributed by atoms with van der Waals surface area (Å²) in [6, 6.07) is 1.23. The SMILES string of the molecule is CCC1CCCCN1C(=O)CO/N=C1/C=C/CC/C=C/CCOC(=O)c2c(O)cc(O)c(Cl)c2C1. The van der Waals surface area contributed by atoms with E-state index in [-0.39, 0.29) is 53.5 Å². The van der Waals surface area contributed by atoms with Crippen LogP contribution in [0.4, 0.5) is 0 Å². The van der Waals surface area contributed by atoms with Crippen molar-refractivity contribution in [3.05, 3.63) is 46.5 Å². The maximum atomic E-state index is 12.7. The quantitative estimate of drug-likeness (QED) is 0.342. The number of benzene rings is 1. The Hall–Kier alpha value is -3.00. The summed E-state index contributed by atoms with van der Waals surface area (Å²) in [5.74, 6) is -1.67. The molecule has 2 aliphatic heterocycles. The van der Waals surface area contributed by atoms with Crippen LogP contribution >= 0.6 is 11.6 Å². The van der Waals surface area contributed by atoms with Crippen LogP contribution in [-0.2, 0) is 20.8 Å². The molecule has 1 aromatic rings. The first kappa shape index (κ1) is 26.6. The lowest BCUT2D eigenvalue weighted by Crippen LogP contribution is -2.44. The van der Waals surface area contributed by atoms with Crippen LogP contribution in [0.1, 0.15) is 67.8 Å². The van der Waals surface area contributed by atoms with E-state index in [2.05, 4.69) is 12.1 Å². The summed E-state index contributed by atoms with van der Waals surface area (Å²) in [6.45, 7) is 2.73. The molecule has 1 saturated heterocycles. The highest BCUT2D eigenvalue weighted by Crippen LogP contribution is 2.37. The molecule has 35 heavy (non-hydrogen) atoms. The second-order valence-corrected chi connectivity index (χ2v) is 9.01. The standard InChI is InChI=1S/C26H33ClN2O6/c1-2-19-12-8-9-13-29(19)23(32)17-35-28-18-11-7-5-3-4-6-10-14-34-26(33)24-20(15-18)25(27)22(31)16-21(24)30/h4,6-7,11,16,19,30-31H,2-3,5,8-10,12-15,17H2,1H3/b6-4+,11-7+,28-18-. The van der Waals surface area contributed by atoms with Gasteiger partial charge in [-0.25, -0.2) is 4.79 Å². The molecule has 2 heterocycles. The maximum absolute atomic E-state index is 12.7. The second kappa shape index (κ2) is 13.2. The summed E-state index contributed by atoms with van der Waals surface area (Å²) >= 11 is 6.32. The van der Waals surface area contributed by atoms with Gasteiger partial charge in [0.15, 0.2) is 6.61 Å². The van der Waals surface area contributed by atoms with Crippen molar-refractivity contribution in [1.82, 2.24) is 4.90 Å². The van der Waals surface area contributed by atoms with Gasteiger partial charge in [-0.1, -0.05) is 41.9 Å². The summed E-state index contributed by atoms with van der Waals surface area (Å²) in [7, 11) is 0. The summed E-state index contributed by atoms with van der Waals surface area (Å²) < 4.78 is 5.29. The number of halogens is 1. The Morgan fingerprint density at radius 2 is 1.97 bits per heavy atom. The number of hydrogen-bond donors (Lipinski definition) is 2. The van der Waals surface area contributed by atoms with Gasteiger partial charge in [0.05, 0.1) is 17.3 Å². The van der Waals surface area contributed by atoms with Gasteiger partial charge in [-0.2, -0.15) is 0 Å². The lowest BCUT2D eigenvalue weighted by Gasteiger charge is -2.34. The van der Waals surface area contributed by atoms with E-state index in [1.54, 1.807) is 6.08 Å². The van der Waals surface area contributed by atoms with Gasteiger partial charge in [0.25, 0.3) is 5.91 Å². The highest BCUT2D eigenvalue weighted by atomic mass is 35.5. The van der Waals surface area contributed by atoms with Crippen molar-refractivity contribution in [1.29, 1.82) is 0 Å². The Balaban J connectivity index is 1.85. The van der Waals surface area contributed by atoms with Crippen LogP contribution in [0, 0.1) is 0 Å². The van der Waals surface area contributed by atoms with Crippen LogP contribution in [0.2, 0.25) is 5.02 Å². The molecule has 1 atom stereocenters. The number of carbonyl (C=O) groups is 2. The van der Waals surface area contributed by atoms with E-state index in [9.17, 15) is 19.8 Å². The number of rotatable bonds is 4. The van der Waals surface area contributed by atoms with Gasteiger partial charge in [-0.15, -0.1) is 0 Å². The molecule has 0 saturated carbocycles. The first-order valence-electron chi connectivity index (χ1n) is 12.1. The minimum Gasteiger partial charge on any atom is -0.507 e. The van der Waals surface area contributed by atoms with E-state index in [4.69, 9.17) is 21.2 Å². The number of esters is 1. The Kier molecular flexibility index (Phi) is 10.0. The molecule has 0 aromatic heterocycles. The fourth-order valence-corrected chi connectivity index (χ4v) is 4.54. The Morgan fingerprint density at radius 3 is 2.77 bits per heavy atom. The van der Waals surface area contributed by atoms with E-state index in [0.29, 0.717) is 18.7 Å². The predicted molar refractivity (Wildman–Crippen MR) is 134 cm³/mol. The van der Waals surface area contributed by atoms with Gasteiger partial charge in [0.1, 0.15) is 17.1 Å². The third-order valence-corrected chi connectivity index (χ3v) is 6.59. The number of oxime groups is 1. The first-order chi connectivity index (χ1) is 16.9. The molecule has 0 spiro atoms. The van der Waals surface area contributed by atoms with Crippen LogP contribution in [0.5, 0.6) is 11.5 Å². The zero-order chi connectivity index (χ0) is 25.2. The normalized spacial score (nSPS) is 22.6. The number of piperidine rings is 1. The van der Waals surface area contributed by atoms with E-state index >= 15 is 0 Å². The molecule has 1 amide bonds. The molecule has 1 unspecified atom stereocenters. The fourth-order valence-electron chi connectivity index (χ4n) is 4.33. The van der Waals surface area contributed by atoms with Gasteiger partial charge in [0.2, 0.25) is 0 Å². The largest absolute Gasteiger partial charge is 0.507 e. The van der Waals surface area contributed by atoms with Gasteiger partial charge >= 0.3 is 5.97 Å². The molecular formula is C26H33ClN2O6. The highest BCUT2D eigenvalue weighted by molar-refractivity contribution is 6.33. The predicted octanol–water partition coefficient (Wildman–Crippen LogP) is 4.91. The van der Waals surface area contributed by atoms with Gasteiger partial charge in [0, 0.05) is 25.1 Å². The lowest BCUT2D eigenvalue weighted by atomic mass is 9.99. The zero-order valence-electron chi connectivity index (χ0n) is 20.0. The smallest absolute Gasteiger partial charge is 0.342 e. The van der Waals surface area contributed by atoms with Crippen LogP contribution in [0.25, 0.3) is 0 Å². The number of phenols is 2. The van der Waals surface area contributed by atoms with Gasteiger partial charge in [-0.3, -0.25) is 4.79 Å². The van der Waals surface area contributed by atoms with Gasteiger partial charge in [-0.05, 0) is 56.6 Å². The number of hydrogen-bond acceptors (Lipinski definition) is 7. The van der Waals surface area contributed by atoms with Crippen molar-refractivity contribution in [3.63, 3.8) is 0 Å². The van der Waals surface area contributed by atoms with Crippen molar-refractivity contribution in [3.8, 4) is 11.5 Å². The maximum Gasteiger partial charge on any atom is 0.342 e. The summed E-state index contributed by atoms with van der Waals surface area (Å²) in [6.07, 6.45) is 13.6. The zero-order valence-corrected chi connectivity index (χ0v) is 20.8. The van der Waals surface area contributed by atoms with E-state index in [1.807, 2.05) is 23.1 Å². The topological polar surface area (TPSA) is 109 Å². The number of aromatic hydroxyl groups is 2. The molecule has 8 nitrogen and oxygen atoms in total. The first-order valence-corrected chi connectivity index (χ1v) is 12.5. The Labute approximate surface area is 210 Å². The number of cyclic esters (lactones) is 1. The van der Waals surface area contributed by atoms with Crippen LogP contribution in [0.3, 0.4) is 0 Å². The molecule has 0 aliphatic carbocycles. The molecule has 2 aliphatic rings. The monoisotopic (exact) mass is 504 g/mol. The van der Waals surface area contributed by atoms with Crippen LogP contribution < -0.4 is 0 Å². The average Bonchev–Trinajstić information content (AvgIpc) is 2.85. The van der Waals surface area contributed by atoms with Crippen molar-refractivity contribution >= 4 is 29.2 Å². The highest BCUT2D eigenvalue weighted by Gasteiger charge is 2.26. The molecule has 1 aromatic carbocycles. The van der Waals surface area contributed by atoms with Crippen molar-refractivity contribution < 1.29 is 29.4 Å². The summed E-state index contributed by atoms with van der Waals surface area (Å²) in [5, 5.41) is 24.6. The molecule has 2 N–H and O–H groups in total. The minimum atomic E-state index is -0.750. The Morgan fingerprint density at radius 1 is 1.20 bits per heavy atom. The molecule has 190 valence electrons. The second-order valence-electron chi connectivity index (χ2n) is 8.64. The Bertz CT molecular complexity index is 1000. The number of likely N-dealkylation sites (tertiary alicyclic amines) is 1. The summed E-state index contributed by atoms with van der Waals surface area (Å²) in [5.41, 5.74) is 0.415. The van der Waals surface area contributed by atoms with Crippen LogP contribution in [0.15, 0.2) is 35.5 Å². The number of allylic oxidation sites excluding steroid dienone is 3. The molecular weight excluding hydrogens is 472 g/mol. The minimum absolute atomic E-state index is 0.0208. The number of amides is 1. The number of ether oxygens (including phenoxy) is 1.